The van der Waals surface area contributed by atoms with Crippen LogP contribution in [-0.4, -0.2) is 25.3 Å². The molecule has 3 unspecified atom stereocenters. The van der Waals surface area contributed by atoms with E-state index in [0.717, 1.165) is 12.5 Å². The summed E-state index contributed by atoms with van der Waals surface area (Å²) in [7, 11) is 0. The molecule has 1 saturated heterocycles. The summed E-state index contributed by atoms with van der Waals surface area (Å²) in [6.45, 7) is 1.66. The maximum Gasteiger partial charge on any atom is 0.0619 e. The van der Waals surface area contributed by atoms with E-state index >= 15 is 0 Å². The average Bonchev–Trinajstić information content (AvgIpc) is 2.64. The van der Waals surface area contributed by atoms with Crippen LogP contribution in [0.25, 0.3) is 0 Å². The molecular formula is C10H15NO. The Morgan fingerprint density at radius 2 is 2.50 bits per heavy atom. The molecule has 0 amide bonds. The third-order valence-electron chi connectivity index (χ3n) is 2.75. The molecule has 2 heteroatoms. The van der Waals surface area contributed by atoms with E-state index in [-0.39, 0.29) is 0 Å². The van der Waals surface area contributed by atoms with Gasteiger partial charge in [0.15, 0.2) is 0 Å². The summed E-state index contributed by atoms with van der Waals surface area (Å²) in [4.78, 5) is 0. The molecule has 1 aliphatic carbocycles. The third-order valence-corrected chi connectivity index (χ3v) is 2.75. The van der Waals surface area contributed by atoms with Crippen molar-refractivity contribution in [2.24, 2.45) is 5.92 Å². The van der Waals surface area contributed by atoms with Gasteiger partial charge >= 0.3 is 0 Å². The van der Waals surface area contributed by atoms with Crippen molar-refractivity contribution in [1.82, 2.24) is 5.32 Å². The number of hydrogen-bond acceptors (Lipinski definition) is 2. The molecule has 2 nitrogen and oxygen atoms in total. The molecule has 1 heterocycles. The normalized spacial score (nSPS) is 39.4. The molecule has 2 aliphatic rings. The van der Waals surface area contributed by atoms with Gasteiger partial charge in [-0.3, -0.25) is 0 Å². The second-order valence-corrected chi connectivity index (χ2v) is 3.64. The predicted octanol–water partition coefficient (Wildman–Crippen LogP) is 0.777. The minimum atomic E-state index is 0.528. The third kappa shape index (κ3) is 1.63. The zero-order valence-corrected chi connectivity index (χ0v) is 7.25. The highest BCUT2D eigenvalue weighted by Gasteiger charge is 2.44. The van der Waals surface area contributed by atoms with Crippen molar-refractivity contribution in [2.45, 2.75) is 31.4 Å². The molecular weight excluding hydrogens is 150 g/mol. The Labute approximate surface area is 73.7 Å². The lowest BCUT2D eigenvalue weighted by Gasteiger charge is -2.07. The van der Waals surface area contributed by atoms with Crippen LogP contribution in [0.2, 0.25) is 0 Å². The molecule has 0 radical (unpaired) electrons. The van der Waals surface area contributed by atoms with Gasteiger partial charge in [-0.05, 0) is 19.3 Å². The highest BCUT2D eigenvalue weighted by Crippen LogP contribution is 2.39. The zero-order chi connectivity index (χ0) is 8.39. The topological polar surface area (TPSA) is 21.3 Å². The molecule has 2 fully saturated rings. The monoisotopic (exact) mass is 165 g/mol. The van der Waals surface area contributed by atoms with Crippen molar-refractivity contribution in [3.8, 4) is 12.3 Å². The van der Waals surface area contributed by atoms with Crippen molar-refractivity contribution < 1.29 is 4.74 Å². The largest absolute Gasteiger partial charge is 0.378 e. The summed E-state index contributed by atoms with van der Waals surface area (Å²) in [5.41, 5.74) is 0. The van der Waals surface area contributed by atoms with Crippen LogP contribution in [0.1, 0.15) is 19.3 Å². The first-order valence-electron chi connectivity index (χ1n) is 4.70. The fourth-order valence-corrected chi connectivity index (χ4v) is 1.99. The maximum atomic E-state index is 5.60. The van der Waals surface area contributed by atoms with E-state index < -0.39 is 0 Å². The van der Waals surface area contributed by atoms with Crippen molar-refractivity contribution in [3.05, 3.63) is 0 Å². The van der Waals surface area contributed by atoms with Crippen LogP contribution in [0.4, 0.5) is 0 Å². The summed E-state index contributed by atoms with van der Waals surface area (Å²) in [5, 5.41) is 3.32. The highest BCUT2D eigenvalue weighted by molar-refractivity contribution is 5.01. The number of rotatable bonds is 3. The molecule has 3 atom stereocenters. The first kappa shape index (κ1) is 8.10. The van der Waals surface area contributed by atoms with E-state index in [1.165, 1.54) is 19.3 Å². The number of hydrogen-bond donors (Lipinski definition) is 1. The summed E-state index contributed by atoms with van der Waals surface area (Å²) in [5.74, 6) is 3.35. The Bertz CT molecular complexity index is 191. The predicted molar refractivity (Wildman–Crippen MR) is 47.7 cm³/mol. The van der Waals surface area contributed by atoms with Gasteiger partial charge < -0.3 is 10.1 Å². The minimum absolute atomic E-state index is 0.528. The van der Waals surface area contributed by atoms with Gasteiger partial charge in [0.2, 0.25) is 0 Å². The van der Waals surface area contributed by atoms with E-state index in [0.29, 0.717) is 18.7 Å². The molecule has 0 aromatic carbocycles. The van der Waals surface area contributed by atoms with Gasteiger partial charge in [0, 0.05) is 18.6 Å². The molecule has 12 heavy (non-hydrogen) atoms. The van der Waals surface area contributed by atoms with E-state index in [1.54, 1.807) is 0 Å². The molecule has 2 rings (SSSR count). The Hall–Kier alpha value is -0.520. The van der Waals surface area contributed by atoms with Crippen LogP contribution in [-0.2, 0) is 4.74 Å². The van der Waals surface area contributed by atoms with E-state index in [2.05, 4.69) is 11.2 Å². The molecule has 66 valence electrons. The van der Waals surface area contributed by atoms with Gasteiger partial charge in [-0.25, -0.2) is 0 Å². The van der Waals surface area contributed by atoms with Crippen molar-refractivity contribution in [1.29, 1.82) is 0 Å². The molecule has 1 saturated carbocycles. The smallest absolute Gasteiger partial charge is 0.0619 e. The van der Waals surface area contributed by atoms with E-state index in [4.69, 9.17) is 11.2 Å². The first-order valence-corrected chi connectivity index (χ1v) is 4.70. The minimum Gasteiger partial charge on any atom is -0.378 e. The second-order valence-electron chi connectivity index (χ2n) is 3.64. The number of terminal acetylenes is 1. The summed E-state index contributed by atoms with van der Waals surface area (Å²) >= 11 is 0. The zero-order valence-electron chi connectivity index (χ0n) is 7.25. The van der Waals surface area contributed by atoms with Gasteiger partial charge in [-0.15, -0.1) is 6.42 Å². The van der Waals surface area contributed by atoms with Crippen LogP contribution >= 0.6 is 0 Å². The van der Waals surface area contributed by atoms with Crippen LogP contribution in [0.15, 0.2) is 0 Å². The van der Waals surface area contributed by atoms with Crippen LogP contribution in [0.3, 0.4) is 0 Å². The Kier molecular flexibility index (Phi) is 2.34. The lowest BCUT2D eigenvalue weighted by molar-refractivity contribution is 0.0916. The standard InChI is InChI=1S/C10H15NO/c1-2-5-11-9-7-8(9)10-4-3-6-12-10/h1,8-11H,3-7H2. The van der Waals surface area contributed by atoms with E-state index in [1.807, 2.05) is 0 Å². The Balaban J connectivity index is 1.69. The fourth-order valence-electron chi connectivity index (χ4n) is 1.99. The van der Waals surface area contributed by atoms with Gasteiger partial charge in [0.25, 0.3) is 0 Å². The van der Waals surface area contributed by atoms with Gasteiger partial charge in [0.05, 0.1) is 12.6 Å². The number of ether oxygens (including phenoxy) is 1. The van der Waals surface area contributed by atoms with Crippen LogP contribution < -0.4 is 5.32 Å². The Morgan fingerprint density at radius 3 is 3.17 bits per heavy atom. The summed E-state index contributed by atoms with van der Waals surface area (Å²) < 4.78 is 5.60. The lowest BCUT2D eigenvalue weighted by atomic mass is 10.1. The molecule has 1 N–H and O–H groups in total. The van der Waals surface area contributed by atoms with Crippen molar-refractivity contribution in [2.75, 3.05) is 13.2 Å². The van der Waals surface area contributed by atoms with Gasteiger partial charge in [-0.2, -0.15) is 0 Å². The quantitative estimate of drug-likeness (QED) is 0.624. The van der Waals surface area contributed by atoms with E-state index in [9.17, 15) is 0 Å². The molecule has 0 bridgehead atoms. The SMILES string of the molecule is C#CCNC1CC1C1CCCO1. The van der Waals surface area contributed by atoms with Gasteiger partial charge in [-0.1, -0.05) is 5.92 Å². The number of nitrogens with one attached hydrogen (secondary N) is 1. The van der Waals surface area contributed by atoms with Crippen molar-refractivity contribution >= 4 is 0 Å². The van der Waals surface area contributed by atoms with Gasteiger partial charge in [0.1, 0.15) is 0 Å². The molecule has 0 aromatic heterocycles. The van der Waals surface area contributed by atoms with Crippen LogP contribution in [0.5, 0.6) is 0 Å². The summed E-state index contributed by atoms with van der Waals surface area (Å²) in [6.07, 6.45) is 9.43. The fraction of sp³-hybridized carbons (Fsp3) is 0.800. The lowest BCUT2D eigenvalue weighted by Crippen LogP contribution is -2.22. The molecule has 1 aliphatic heterocycles. The summed E-state index contributed by atoms with van der Waals surface area (Å²) in [6, 6.07) is 0.643. The first-order chi connectivity index (χ1) is 5.92. The van der Waals surface area contributed by atoms with Crippen molar-refractivity contribution in [3.63, 3.8) is 0 Å². The maximum absolute atomic E-state index is 5.60. The Morgan fingerprint density at radius 1 is 1.58 bits per heavy atom. The highest BCUT2D eigenvalue weighted by atomic mass is 16.5. The molecule has 0 spiro atoms. The second kappa shape index (κ2) is 3.47. The molecule has 0 aromatic rings. The average molecular weight is 165 g/mol. The van der Waals surface area contributed by atoms with Crippen LogP contribution in [0, 0.1) is 18.3 Å².